The van der Waals surface area contributed by atoms with Gasteiger partial charge in [0.1, 0.15) is 0 Å². The van der Waals surface area contributed by atoms with Crippen molar-refractivity contribution in [1.82, 2.24) is 14.9 Å². The molecule has 2 aromatic heterocycles. The molecule has 1 atom stereocenters. The Morgan fingerprint density at radius 3 is 2.23 bits per heavy atom. The molecule has 1 aliphatic heterocycles. The zero-order chi connectivity index (χ0) is 25.3. The fourth-order valence-electron chi connectivity index (χ4n) is 4.20. The second-order valence-electron chi connectivity index (χ2n) is 7.89. The maximum Gasteiger partial charge on any atom is 0.290 e. The van der Waals surface area contributed by atoms with Gasteiger partial charge >= 0.3 is 0 Å². The Hall–Kier alpha value is -3.92. The van der Waals surface area contributed by atoms with Crippen LogP contribution in [0.5, 0.6) is 17.2 Å². The van der Waals surface area contributed by atoms with Gasteiger partial charge in [-0.1, -0.05) is 0 Å². The molecule has 1 unspecified atom stereocenters. The van der Waals surface area contributed by atoms with Gasteiger partial charge < -0.3 is 24.2 Å². The summed E-state index contributed by atoms with van der Waals surface area (Å²) in [5, 5.41) is 11.7. The number of aryl methyl sites for hydroxylation is 2. The van der Waals surface area contributed by atoms with Gasteiger partial charge in [0.15, 0.2) is 17.3 Å². The molecule has 0 spiro atoms. The van der Waals surface area contributed by atoms with Crippen LogP contribution in [0.3, 0.4) is 0 Å². The van der Waals surface area contributed by atoms with E-state index >= 15 is 0 Å². The summed E-state index contributed by atoms with van der Waals surface area (Å²) < 4.78 is 16.4. The molecule has 1 aromatic carbocycles. The fourth-order valence-corrected chi connectivity index (χ4v) is 5.08. The lowest BCUT2D eigenvalue weighted by atomic mass is 9.94. The Morgan fingerprint density at radius 1 is 1.09 bits per heavy atom. The minimum Gasteiger partial charge on any atom is -0.503 e. The van der Waals surface area contributed by atoms with E-state index in [1.54, 1.807) is 50.5 Å². The second kappa shape index (κ2) is 9.75. The summed E-state index contributed by atoms with van der Waals surface area (Å²) in [7, 11) is 4.46. The number of hydrogen-bond acceptors (Lipinski definition) is 9. The standard InChI is InChI=1S/C25H25N3O6S/c1-13-24(35-14(2)27-13)21(29)19-20(16-10-17(32-3)23(34-5)18(11-16)33-4)28(25(31)22(19)30)12-15-6-8-26-9-7-15/h6-11,20,30H,12H2,1-5H3. The molecule has 0 bridgehead atoms. The molecular weight excluding hydrogens is 470 g/mol. The van der Waals surface area contributed by atoms with E-state index < -0.39 is 23.5 Å². The van der Waals surface area contributed by atoms with Crippen LogP contribution in [-0.2, 0) is 11.3 Å². The lowest BCUT2D eigenvalue weighted by Crippen LogP contribution is -2.30. The molecule has 10 heteroatoms. The first kappa shape index (κ1) is 24.2. The SMILES string of the molecule is COc1cc(C2C(C(=O)c3sc(C)nc3C)=C(O)C(=O)N2Cc2ccncc2)cc(OC)c1OC. The number of carbonyl (C=O) groups excluding carboxylic acids is 2. The highest BCUT2D eigenvalue weighted by molar-refractivity contribution is 7.14. The van der Waals surface area contributed by atoms with Gasteiger partial charge in [0.05, 0.1) is 48.5 Å². The number of benzene rings is 1. The Bertz CT molecular complexity index is 1290. The van der Waals surface area contributed by atoms with E-state index in [1.165, 1.54) is 37.6 Å². The van der Waals surface area contributed by atoms with Crippen LogP contribution in [0.1, 0.15) is 37.5 Å². The van der Waals surface area contributed by atoms with Crippen LogP contribution in [-0.4, -0.2) is 53.0 Å². The van der Waals surface area contributed by atoms with Gasteiger partial charge in [-0.2, -0.15) is 0 Å². The highest BCUT2D eigenvalue weighted by atomic mass is 32.1. The van der Waals surface area contributed by atoms with E-state index in [1.807, 2.05) is 0 Å². The van der Waals surface area contributed by atoms with Crippen molar-refractivity contribution >= 4 is 23.0 Å². The van der Waals surface area contributed by atoms with Gasteiger partial charge in [-0.05, 0) is 49.2 Å². The van der Waals surface area contributed by atoms with Gasteiger partial charge in [-0.15, -0.1) is 11.3 Å². The Balaban J connectivity index is 1.90. The van der Waals surface area contributed by atoms with Gasteiger partial charge in [0.2, 0.25) is 11.5 Å². The number of carbonyl (C=O) groups is 2. The predicted octanol–water partition coefficient (Wildman–Crippen LogP) is 3.96. The highest BCUT2D eigenvalue weighted by Gasteiger charge is 2.45. The number of hydrogen-bond donors (Lipinski definition) is 1. The molecule has 182 valence electrons. The summed E-state index contributed by atoms with van der Waals surface area (Å²) in [6.45, 7) is 3.67. The minimum atomic E-state index is -0.904. The summed E-state index contributed by atoms with van der Waals surface area (Å²) in [4.78, 5) is 37.2. The number of aromatic nitrogens is 2. The monoisotopic (exact) mass is 495 g/mol. The molecule has 0 aliphatic carbocycles. The third kappa shape index (κ3) is 4.32. The van der Waals surface area contributed by atoms with E-state index in [4.69, 9.17) is 14.2 Å². The molecule has 0 saturated carbocycles. The van der Waals surface area contributed by atoms with E-state index in [0.717, 1.165) is 5.56 Å². The van der Waals surface area contributed by atoms with Gasteiger partial charge in [0, 0.05) is 18.9 Å². The number of Topliss-reactive ketones (excluding diaryl/α,β-unsaturated/α-hetero) is 1. The van der Waals surface area contributed by atoms with Crippen LogP contribution in [0.15, 0.2) is 48.0 Å². The second-order valence-corrected chi connectivity index (χ2v) is 9.09. The van der Waals surface area contributed by atoms with Crippen molar-refractivity contribution in [2.75, 3.05) is 21.3 Å². The number of ketones is 1. The van der Waals surface area contributed by atoms with E-state index in [2.05, 4.69) is 9.97 Å². The first-order chi connectivity index (χ1) is 16.8. The molecule has 4 rings (SSSR count). The number of rotatable bonds is 8. The smallest absolute Gasteiger partial charge is 0.290 e. The third-order valence-corrected chi connectivity index (χ3v) is 6.83. The molecule has 1 N–H and O–H groups in total. The summed E-state index contributed by atoms with van der Waals surface area (Å²) in [6.07, 6.45) is 3.24. The molecule has 0 radical (unpaired) electrons. The third-order valence-electron chi connectivity index (χ3n) is 5.76. The highest BCUT2D eigenvalue weighted by Crippen LogP contribution is 2.46. The first-order valence-corrected chi connectivity index (χ1v) is 11.5. The van der Waals surface area contributed by atoms with Crippen LogP contribution in [0.2, 0.25) is 0 Å². The van der Waals surface area contributed by atoms with Crippen LogP contribution in [0.25, 0.3) is 0 Å². The zero-order valence-electron chi connectivity index (χ0n) is 20.0. The van der Waals surface area contributed by atoms with Gasteiger partial charge in [-0.3, -0.25) is 14.6 Å². The number of pyridine rings is 1. The van der Waals surface area contributed by atoms with Crippen LogP contribution >= 0.6 is 11.3 Å². The van der Waals surface area contributed by atoms with Crippen molar-refractivity contribution in [3.8, 4) is 17.2 Å². The number of thiazole rings is 1. The summed E-state index contributed by atoms with van der Waals surface area (Å²) in [5.74, 6) is -0.591. The number of aliphatic hydroxyl groups excluding tert-OH is 1. The normalized spacial score (nSPS) is 15.5. The van der Waals surface area contributed by atoms with Crippen molar-refractivity contribution in [3.63, 3.8) is 0 Å². The lowest BCUT2D eigenvalue weighted by Gasteiger charge is -2.28. The average Bonchev–Trinajstić information content (AvgIpc) is 3.33. The van der Waals surface area contributed by atoms with Crippen LogP contribution in [0, 0.1) is 13.8 Å². The molecule has 9 nitrogen and oxygen atoms in total. The molecular formula is C25H25N3O6S. The van der Waals surface area contributed by atoms with Crippen molar-refractivity contribution in [2.45, 2.75) is 26.4 Å². The summed E-state index contributed by atoms with van der Waals surface area (Å²) in [6, 6.07) is 5.99. The Kier molecular flexibility index (Phi) is 6.74. The van der Waals surface area contributed by atoms with Crippen molar-refractivity contribution in [1.29, 1.82) is 0 Å². The molecule has 0 saturated heterocycles. The zero-order valence-corrected chi connectivity index (χ0v) is 20.8. The molecule has 1 amide bonds. The molecule has 3 aromatic rings. The van der Waals surface area contributed by atoms with E-state index in [9.17, 15) is 14.7 Å². The summed E-state index contributed by atoms with van der Waals surface area (Å²) >= 11 is 1.22. The number of amides is 1. The largest absolute Gasteiger partial charge is 0.503 e. The maximum atomic E-state index is 13.7. The van der Waals surface area contributed by atoms with Gasteiger partial charge in [0.25, 0.3) is 5.91 Å². The van der Waals surface area contributed by atoms with Crippen molar-refractivity contribution in [3.05, 3.63) is 74.7 Å². The van der Waals surface area contributed by atoms with Crippen LogP contribution < -0.4 is 14.2 Å². The van der Waals surface area contributed by atoms with Crippen molar-refractivity contribution in [2.24, 2.45) is 0 Å². The number of aliphatic hydroxyl groups is 1. The van der Waals surface area contributed by atoms with E-state index in [-0.39, 0.29) is 12.1 Å². The fraction of sp³-hybridized carbons (Fsp3) is 0.280. The topological polar surface area (TPSA) is 111 Å². The van der Waals surface area contributed by atoms with Crippen molar-refractivity contribution < 1.29 is 28.9 Å². The maximum absolute atomic E-state index is 13.7. The predicted molar refractivity (Wildman–Crippen MR) is 129 cm³/mol. The van der Waals surface area contributed by atoms with Gasteiger partial charge in [-0.25, -0.2) is 4.98 Å². The molecule has 35 heavy (non-hydrogen) atoms. The number of nitrogens with zero attached hydrogens (tertiary/aromatic N) is 3. The number of ether oxygens (including phenoxy) is 3. The quantitative estimate of drug-likeness (QED) is 0.468. The molecule has 0 fully saturated rings. The minimum absolute atomic E-state index is 0.0231. The Morgan fingerprint density at radius 2 is 1.71 bits per heavy atom. The number of methoxy groups -OCH3 is 3. The Labute approximate surface area is 206 Å². The molecule has 1 aliphatic rings. The summed E-state index contributed by atoms with van der Waals surface area (Å²) in [5.41, 5.74) is 1.83. The van der Waals surface area contributed by atoms with E-state index in [0.29, 0.717) is 38.4 Å². The molecule has 3 heterocycles. The average molecular weight is 496 g/mol. The first-order valence-electron chi connectivity index (χ1n) is 10.7. The lowest BCUT2D eigenvalue weighted by molar-refractivity contribution is -0.130. The van der Waals surface area contributed by atoms with Crippen LogP contribution in [0.4, 0.5) is 0 Å².